The Kier molecular flexibility index (Phi) is 3.39. The monoisotopic (exact) mass is 225 g/mol. The van der Waals surface area contributed by atoms with Crippen molar-refractivity contribution >= 4 is 20.6 Å². The molecule has 0 fully saturated rings. The average Bonchev–Trinajstić information content (AvgIpc) is 2.01. The van der Waals surface area contributed by atoms with Crippen LogP contribution in [0.25, 0.3) is 0 Å². The molecule has 0 aromatic heterocycles. The van der Waals surface area contributed by atoms with Crippen LogP contribution in [0, 0.1) is 0 Å². The van der Waals surface area contributed by atoms with Crippen molar-refractivity contribution in [1.82, 2.24) is 0 Å². The van der Waals surface area contributed by atoms with Crippen molar-refractivity contribution in [3.05, 3.63) is 30.3 Å². The Hall–Kier alpha value is -0.333. The molecule has 78 valence electrons. The molecule has 0 unspecified atom stereocenters. The van der Waals surface area contributed by atoms with Gasteiger partial charge in [0.2, 0.25) is 0 Å². The van der Waals surface area contributed by atoms with Crippen LogP contribution in [0.1, 0.15) is 0 Å². The van der Waals surface area contributed by atoms with Gasteiger partial charge in [0.25, 0.3) is 0 Å². The van der Waals surface area contributed by atoms with E-state index in [-0.39, 0.29) is 0 Å². The molecule has 0 N–H and O–H groups in total. The Morgan fingerprint density at radius 3 is 1.93 bits per heavy atom. The summed E-state index contributed by atoms with van der Waals surface area (Å²) < 4.78 is 5.06. The third kappa shape index (κ3) is 3.43. The molecule has 1 aromatic carbocycles. The molecule has 0 aliphatic carbocycles. The molecule has 0 amide bonds. The second-order valence-electron chi connectivity index (χ2n) is 5.00. The fraction of sp³-hybridized carbons (Fsp3) is 0.455. The highest BCUT2D eigenvalue weighted by molar-refractivity contribution is 7.73. The molecule has 0 heterocycles. The standard InChI is InChI=1S/C11H20NPSi/c1-13(2,12-14(3,4)5)11-9-7-6-8-10-11/h6-10H,1-5H3. The molecule has 14 heavy (non-hydrogen) atoms. The van der Waals surface area contributed by atoms with Gasteiger partial charge < -0.3 is 4.41 Å². The predicted octanol–water partition coefficient (Wildman–Crippen LogP) is 3.61. The van der Waals surface area contributed by atoms with Gasteiger partial charge in [0.05, 0.1) is 0 Å². The third-order valence-electron chi connectivity index (χ3n) is 1.94. The number of nitrogens with zero attached hydrogens (tertiary/aromatic N) is 1. The highest BCUT2D eigenvalue weighted by Crippen LogP contribution is 2.41. The van der Waals surface area contributed by atoms with Crippen molar-refractivity contribution in [2.24, 2.45) is 4.41 Å². The zero-order valence-electron chi connectivity index (χ0n) is 9.78. The van der Waals surface area contributed by atoms with Gasteiger partial charge in [-0.2, -0.15) is 0 Å². The normalized spacial score (nSPS) is 12.6. The largest absolute Gasteiger partial charge is 0.334 e. The maximum atomic E-state index is 5.06. The van der Waals surface area contributed by atoms with Crippen molar-refractivity contribution in [3.63, 3.8) is 0 Å². The molecule has 0 aliphatic heterocycles. The van der Waals surface area contributed by atoms with E-state index >= 15 is 0 Å². The lowest BCUT2D eigenvalue weighted by Crippen LogP contribution is -2.18. The Bertz CT molecular complexity index is 345. The summed E-state index contributed by atoms with van der Waals surface area (Å²) >= 11 is 0. The van der Waals surface area contributed by atoms with Crippen LogP contribution in [-0.2, 0) is 0 Å². The minimum absolute atomic E-state index is 1.23. The molecule has 1 aromatic rings. The van der Waals surface area contributed by atoms with E-state index in [0.717, 1.165) is 0 Å². The Labute approximate surface area is 88.7 Å². The molecule has 1 nitrogen and oxygen atoms in total. The van der Waals surface area contributed by atoms with E-state index in [1.807, 2.05) is 0 Å². The summed E-state index contributed by atoms with van der Waals surface area (Å²) in [6, 6.07) is 10.7. The zero-order valence-corrected chi connectivity index (χ0v) is 11.7. The van der Waals surface area contributed by atoms with E-state index in [1.54, 1.807) is 0 Å². The van der Waals surface area contributed by atoms with Gasteiger partial charge in [-0.1, -0.05) is 50.0 Å². The van der Waals surface area contributed by atoms with Crippen molar-refractivity contribution in [1.29, 1.82) is 0 Å². The molecule has 0 bridgehead atoms. The van der Waals surface area contributed by atoms with E-state index in [4.69, 9.17) is 4.41 Å². The lowest BCUT2D eigenvalue weighted by atomic mass is 10.4. The first-order chi connectivity index (χ1) is 6.31. The summed E-state index contributed by atoms with van der Waals surface area (Å²) in [4.78, 5) is 0. The lowest BCUT2D eigenvalue weighted by molar-refractivity contribution is 1.58. The first-order valence-electron chi connectivity index (χ1n) is 4.95. The molecule has 0 aliphatic rings. The topological polar surface area (TPSA) is 12.4 Å². The van der Waals surface area contributed by atoms with Gasteiger partial charge in [0.1, 0.15) is 0 Å². The minimum Gasteiger partial charge on any atom is -0.334 e. The van der Waals surface area contributed by atoms with E-state index in [2.05, 4.69) is 63.3 Å². The van der Waals surface area contributed by atoms with Crippen LogP contribution in [0.5, 0.6) is 0 Å². The highest BCUT2D eigenvalue weighted by atomic mass is 31.2. The fourth-order valence-corrected chi connectivity index (χ4v) is 8.96. The van der Waals surface area contributed by atoms with E-state index in [0.29, 0.717) is 0 Å². The smallest absolute Gasteiger partial charge is 0.170 e. The molecule has 0 saturated heterocycles. The van der Waals surface area contributed by atoms with E-state index in [1.165, 1.54) is 5.30 Å². The van der Waals surface area contributed by atoms with Crippen LogP contribution < -0.4 is 5.30 Å². The molecule has 0 saturated carbocycles. The number of rotatable bonds is 2. The van der Waals surface area contributed by atoms with Crippen LogP contribution in [-0.4, -0.2) is 21.6 Å². The van der Waals surface area contributed by atoms with Gasteiger partial charge in [-0.3, -0.25) is 0 Å². The second-order valence-corrected chi connectivity index (χ2v) is 13.4. The maximum Gasteiger partial charge on any atom is 0.170 e. The summed E-state index contributed by atoms with van der Waals surface area (Å²) in [6.07, 6.45) is 0. The van der Waals surface area contributed by atoms with Gasteiger partial charge in [-0.25, -0.2) is 0 Å². The zero-order chi connectivity index (χ0) is 10.8. The molecular formula is C11H20NPSi. The Morgan fingerprint density at radius 2 is 1.50 bits per heavy atom. The Balaban J connectivity index is 3.15. The van der Waals surface area contributed by atoms with Crippen molar-refractivity contribution in [2.75, 3.05) is 13.3 Å². The number of hydrogen-bond acceptors (Lipinski definition) is 1. The SMILES string of the molecule is C[Si](C)(C)N=P(C)(C)c1ccccc1. The summed E-state index contributed by atoms with van der Waals surface area (Å²) in [5, 5.41) is 1.42. The quantitative estimate of drug-likeness (QED) is 0.538. The van der Waals surface area contributed by atoms with Crippen molar-refractivity contribution < 1.29 is 0 Å². The fourth-order valence-electron chi connectivity index (χ4n) is 1.60. The maximum absolute atomic E-state index is 5.06. The Morgan fingerprint density at radius 1 is 1.00 bits per heavy atom. The summed E-state index contributed by atoms with van der Waals surface area (Å²) in [5.41, 5.74) is 0. The first-order valence-corrected chi connectivity index (χ1v) is 11.0. The van der Waals surface area contributed by atoms with Crippen LogP contribution in [0.3, 0.4) is 0 Å². The van der Waals surface area contributed by atoms with E-state index < -0.39 is 15.3 Å². The van der Waals surface area contributed by atoms with Crippen molar-refractivity contribution in [2.45, 2.75) is 19.6 Å². The minimum atomic E-state index is -1.30. The van der Waals surface area contributed by atoms with Crippen molar-refractivity contribution in [3.8, 4) is 0 Å². The van der Waals surface area contributed by atoms with Gasteiger partial charge in [0, 0.05) is 0 Å². The van der Waals surface area contributed by atoms with Gasteiger partial charge in [-0.15, -0.1) is 0 Å². The van der Waals surface area contributed by atoms with Crippen LogP contribution >= 0.6 is 7.05 Å². The third-order valence-corrected chi connectivity index (χ3v) is 7.90. The predicted molar refractivity (Wildman–Crippen MR) is 70.6 cm³/mol. The molecule has 0 spiro atoms. The molecule has 1 rings (SSSR count). The highest BCUT2D eigenvalue weighted by Gasteiger charge is 2.16. The first kappa shape index (κ1) is 11.7. The summed E-state index contributed by atoms with van der Waals surface area (Å²) in [5.74, 6) is 0. The van der Waals surface area contributed by atoms with Crippen LogP contribution in [0.2, 0.25) is 19.6 Å². The van der Waals surface area contributed by atoms with Gasteiger partial charge in [0.15, 0.2) is 8.24 Å². The summed E-state index contributed by atoms with van der Waals surface area (Å²) in [7, 11) is -2.53. The van der Waals surface area contributed by atoms with E-state index in [9.17, 15) is 0 Å². The second kappa shape index (κ2) is 4.04. The molecule has 0 radical (unpaired) electrons. The van der Waals surface area contributed by atoms with Gasteiger partial charge >= 0.3 is 0 Å². The van der Waals surface area contributed by atoms with Crippen LogP contribution in [0.4, 0.5) is 0 Å². The lowest BCUT2D eigenvalue weighted by Gasteiger charge is -2.21. The van der Waals surface area contributed by atoms with Gasteiger partial charge in [-0.05, 0) is 25.7 Å². The number of benzene rings is 1. The number of hydrogen-bond donors (Lipinski definition) is 0. The molecule has 0 atom stereocenters. The average molecular weight is 225 g/mol. The molecular weight excluding hydrogens is 205 g/mol. The summed E-state index contributed by atoms with van der Waals surface area (Å²) in [6.45, 7) is 11.5. The van der Waals surface area contributed by atoms with Crippen LogP contribution in [0.15, 0.2) is 34.7 Å². The molecule has 3 heteroatoms.